The Morgan fingerprint density at radius 3 is 3.10 bits per heavy atom. The van der Waals surface area contributed by atoms with Gasteiger partial charge in [-0.15, -0.1) is 0 Å². The minimum absolute atomic E-state index is 1.08. The monoisotopic (exact) mass is 137 g/mol. The third-order valence-electron chi connectivity index (χ3n) is 1.71. The van der Waals surface area contributed by atoms with Gasteiger partial charge in [0.2, 0.25) is 0 Å². The lowest BCUT2D eigenvalue weighted by atomic mass is 10.2. The molecule has 0 fully saturated rings. The van der Waals surface area contributed by atoms with Gasteiger partial charge < -0.3 is 4.90 Å². The van der Waals surface area contributed by atoms with Crippen LogP contribution in [0.4, 0.5) is 0 Å². The van der Waals surface area contributed by atoms with E-state index < -0.39 is 0 Å². The molecule has 0 radical (unpaired) electrons. The molecule has 10 heavy (non-hydrogen) atoms. The molecule has 0 aromatic carbocycles. The average Bonchev–Trinajstić information content (AvgIpc) is 2.03. The molecule has 0 N–H and O–H groups in total. The highest BCUT2D eigenvalue weighted by Crippen LogP contribution is 2.04. The van der Waals surface area contributed by atoms with Gasteiger partial charge >= 0.3 is 0 Å². The van der Waals surface area contributed by atoms with Crippen molar-refractivity contribution in [3.63, 3.8) is 0 Å². The van der Waals surface area contributed by atoms with E-state index in [-0.39, 0.29) is 0 Å². The van der Waals surface area contributed by atoms with E-state index in [0.29, 0.717) is 0 Å². The number of allylic oxidation sites excluding steroid dienone is 2. The van der Waals surface area contributed by atoms with E-state index in [1.165, 1.54) is 19.4 Å². The van der Waals surface area contributed by atoms with E-state index in [2.05, 4.69) is 36.3 Å². The zero-order valence-corrected chi connectivity index (χ0v) is 6.59. The molecule has 0 aromatic heterocycles. The molecule has 1 rings (SSSR count). The van der Waals surface area contributed by atoms with Crippen LogP contribution in [-0.2, 0) is 0 Å². The molecule has 0 bridgehead atoms. The molecule has 56 valence electrons. The Kier molecular flexibility index (Phi) is 3.07. The first kappa shape index (κ1) is 7.39. The summed E-state index contributed by atoms with van der Waals surface area (Å²) in [6, 6.07) is 0. The minimum Gasteiger partial charge on any atom is -0.374 e. The third kappa shape index (κ3) is 2.26. The van der Waals surface area contributed by atoms with Gasteiger partial charge in [-0.25, -0.2) is 0 Å². The molecule has 0 amide bonds. The minimum atomic E-state index is 1.08. The maximum absolute atomic E-state index is 2.34. The maximum atomic E-state index is 2.34. The van der Waals surface area contributed by atoms with Crippen molar-refractivity contribution in [1.82, 2.24) is 4.90 Å². The number of hydrogen-bond donors (Lipinski definition) is 0. The Hall–Kier alpha value is -0.720. The molecule has 0 spiro atoms. The molecular weight excluding hydrogens is 122 g/mol. The summed E-state index contributed by atoms with van der Waals surface area (Å²) in [6.07, 6.45) is 11.3. The summed E-state index contributed by atoms with van der Waals surface area (Å²) >= 11 is 0. The second kappa shape index (κ2) is 4.15. The standard InChI is InChI=1S/C9H15N/c1-2-3-7-10-8-5-4-6-9-10/h2-3,5,8H,4,6-7,9H2,1H3. The summed E-state index contributed by atoms with van der Waals surface area (Å²) in [5, 5.41) is 0. The molecule has 1 aliphatic rings. The fraction of sp³-hybridized carbons (Fsp3) is 0.556. The lowest BCUT2D eigenvalue weighted by molar-refractivity contribution is 0.390. The van der Waals surface area contributed by atoms with Gasteiger partial charge in [-0.2, -0.15) is 0 Å². The Labute approximate surface area is 63.0 Å². The van der Waals surface area contributed by atoms with Crippen molar-refractivity contribution in [3.05, 3.63) is 24.4 Å². The summed E-state index contributed by atoms with van der Waals surface area (Å²) in [4.78, 5) is 2.34. The molecule has 0 aliphatic carbocycles. The van der Waals surface area contributed by atoms with Crippen molar-refractivity contribution >= 4 is 0 Å². The number of nitrogens with zero attached hydrogens (tertiary/aromatic N) is 1. The summed E-state index contributed by atoms with van der Waals surface area (Å²) in [5.74, 6) is 0. The van der Waals surface area contributed by atoms with Crippen LogP contribution in [0.1, 0.15) is 19.8 Å². The van der Waals surface area contributed by atoms with Crippen molar-refractivity contribution in [1.29, 1.82) is 0 Å². The van der Waals surface area contributed by atoms with E-state index >= 15 is 0 Å². The largest absolute Gasteiger partial charge is 0.374 e. The smallest absolute Gasteiger partial charge is 0.0353 e. The molecule has 1 heteroatoms. The normalized spacial score (nSPS) is 18.7. The van der Waals surface area contributed by atoms with Gasteiger partial charge in [-0.1, -0.05) is 18.2 Å². The molecule has 1 heterocycles. The second-order valence-corrected chi connectivity index (χ2v) is 2.59. The fourth-order valence-electron chi connectivity index (χ4n) is 1.10. The Bertz CT molecular complexity index is 136. The predicted molar refractivity (Wildman–Crippen MR) is 44.8 cm³/mol. The number of rotatable bonds is 2. The summed E-state index contributed by atoms with van der Waals surface area (Å²) in [7, 11) is 0. The molecule has 1 aliphatic heterocycles. The van der Waals surface area contributed by atoms with E-state index in [4.69, 9.17) is 0 Å². The van der Waals surface area contributed by atoms with E-state index in [1.807, 2.05) is 0 Å². The molecule has 0 atom stereocenters. The van der Waals surface area contributed by atoms with Crippen LogP contribution in [0, 0.1) is 0 Å². The van der Waals surface area contributed by atoms with Crippen molar-refractivity contribution in [2.75, 3.05) is 13.1 Å². The first-order valence-corrected chi connectivity index (χ1v) is 3.95. The van der Waals surface area contributed by atoms with Gasteiger partial charge in [0.1, 0.15) is 0 Å². The topological polar surface area (TPSA) is 3.24 Å². The maximum Gasteiger partial charge on any atom is 0.0353 e. The summed E-state index contributed by atoms with van der Waals surface area (Å²) in [5.41, 5.74) is 0. The SMILES string of the molecule is CC=CCN1C=CCCC1. The van der Waals surface area contributed by atoms with E-state index in [1.54, 1.807) is 0 Å². The Balaban J connectivity index is 2.26. The van der Waals surface area contributed by atoms with Crippen LogP contribution in [0.25, 0.3) is 0 Å². The second-order valence-electron chi connectivity index (χ2n) is 2.59. The summed E-state index contributed by atoms with van der Waals surface area (Å²) in [6.45, 7) is 4.36. The van der Waals surface area contributed by atoms with Gasteiger partial charge in [0.05, 0.1) is 0 Å². The number of hydrogen-bond acceptors (Lipinski definition) is 1. The lowest BCUT2D eigenvalue weighted by Gasteiger charge is -2.21. The molecule has 0 saturated carbocycles. The molecule has 0 aromatic rings. The van der Waals surface area contributed by atoms with Crippen molar-refractivity contribution in [3.8, 4) is 0 Å². The lowest BCUT2D eigenvalue weighted by Crippen LogP contribution is -2.20. The van der Waals surface area contributed by atoms with Crippen molar-refractivity contribution in [2.45, 2.75) is 19.8 Å². The van der Waals surface area contributed by atoms with Crippen LogP contribution >= 0.6 is 0 Å². The first-order chi connectivity index (χ1) is 4.93. The van der Waals surface area contributed by atoms with Crippen LogP contribution in [-0.4, -0.2) is 18.0 Å². The highest BCUT2D eigenvalue weighted by molar-refractivity contribution is 4.92. The zero-order chi connectivity index (χ0) is 7.23. The first-order valence-electron chi connectivity index (χ1n) is 3.95. The van der Waals surface area contributed by atoms with Gasteiger partial charge in [0.25, 0.3) is 0 Å². The van der Waals surface area contributed by atoms with Gasteiger partial charge in [0.15, 0.2) is 0 Å². The van der Waals surface area contributed by atoms with Crippen molar-refractivity contribution in [2.24, 2.45) is 0 Å². The van der Waals surface area contributed by atoms with Crippen LogP contribution < -0.4 is 0 Å². The quantitative estimate of drug-likeness (QED) is 0.527. The van der Waals surface area contributed by atoms with Gasteiger partial charge in [-0.05, 0) is 26.0 Å². The van der Waals surface area contributed by atoms with Crippen LogP contribution in [0.5, 0.6) is 0 Å². The highest BCUT2D eigenvalue weighted by Gasteiger charge is 1.99. The van der Waals surface area contributed by atoms with Crippen LogP contribution in [0.15, 0.2) is 24.4 Å². The van der Waals surface area contributed by atoms with Crippen LogP contribution in [0.2, 0.25) is 0 Å². The Morgan fingerprint density at radius 1 is 1.60 bits per heavy atom. The summed E-state index contributed by atoms with van der Waals surface area (Å²) < 4.78 is 0. The highest BCUT2D eigenvalue weighted by atomic mass is 15.1. The molecule has 0 saturated heterocycles. The van der Waals surface area contributed by atoms with E-state index in [0.717, 1.165) is 6.54 Å². The fourth-order valence-corrected chi connectivity index (χ4v) is 1.10. The van der Waals surface area contributed by atoms with Gasteiger partial charge in [-0.3, -0.25) is 0 Å². The predicted octanol–water partition coefficient (Wildman–Crippen LogP) is 2.17. The molecule has 0 unspecified atom stereocenters. The average molecular weight is 137 g/mol. The zero-order valence-electron chi connectivity index (χ0n) is 6.59. The van der Waals surface area contributed by atoms with E-state index in [9.17, 15) is 0 Å². The molecule has 1 nitrogen and oxygen atoms in total. The molecular formula is C9H15N. The van der Waals surface area contributed by atoms with Crippen molar-refractivity contribution < 1.29 is 0 Å². The van der Waals surface area contributed by atoms with Crippen LogP contribution in [0.3, 0.4) is 0 Å². The third-order valence-corrected chi connectivity index (χ3v) is 1.71. The van der Waals surface area contributed by atoms with Gasteiger partial charge in [0, 0.05) is 13.1 Å². The Morgan fingerprint density at radius 2 is 2.50 bits per heavy atom.